The summed E-state index contributed by atoms with van der Waals surface area (Å²) in [6, 6.07) is 12.6. The van der Waals surface area contributed by atoms with E-state index in [1.807, 2.05) is 42.7 Å². The smallest absolute Gasteiger partial charge is 0.274 e. The van der Waals surface area contributed by atoms with Gasteiger partial charge in [-0.25, -0.2) is 0 Å². The van der Waals surface area contributed by atoms with Crippen LogP contribution in [0.15, 0.2) is 47.6 Å². The maximum Gasteiger partial charge on any atom is 0.274 e. The number of hydrogen-bond donors (Lipinski definition) is 1. The van der Waals surface area contributed by atoms with Gasteiger partial charge in [0.1, 0.15) is 5.75 Å². The second-order valence-corrected chi connectivity index (χ2v) is 8.38. The second-order valence-electron chi connectivity index (χ2n) is 7.44. The molecule has 2 aromatic carbocycles. The predicted octanol–water partition coefficient (Wildman–Crippen LogP) is 4.95. The van der Waals surface area contributed by atoms with Crippen LogP contribution < -0.4 is 10.1 Å². The van der Waals surface area contributed by atoms with Crippen molar-refractivity contribution in [1.29, 1.82) is 0 Å². The van der Waals surface area contributed by atoms with Crippen LogP contribution in [0.25, 0.3) is 0 Å². The highest BCUT2D eigenvalue weighted by Gasteiger charge is 2.20. The largest absolute Gasteiger partial charge is 0.483 e. The Morgan fingerprint density at radius 2 is 1.94 bits per heavy atom. The maximum atomic E-state index is 12.4. The first kappa shape index (κ1) is 24.2. The highest BCUT2D eigenvalue weighted by Crippen LogP contribution is 2.26. The summed E-state index contributed by atoms with van der Waals surface area (Å²) in [6.07, 6.45) is 0.649. The van der Waals surface area contributed by atoms with Crippen molar-refractivity contribution in [3.8, 4) is 5.75 Å². The van der Waals surface area contributed by atoms with Gasteiger partial charge in [-0.1, -0.05) is 36.9 Å². The number of carbonyl (C=O) groups is 1. The molecule has 1 atom stereocenters. The molecule has 1 heterocycles. The Balaban J connectivity index is 1.63. The summed E-state index contributed by atoms with van der Waals surface area (Å²) in [5, 5.41) is 22.9. The fraction of sp³-hybridized carbons (Fsp3) is 0.348. The number of hydrogen-bond acceptors (Lipinski definition) is 7. The number of aryl methyl sites for hydroxylation is 2. The molecule has 0 saturated heterocycles. The summed E-state index contributed by atoms with van der Waals surface area (Å²) in [7, 11) is 0. The van der Waals surface area contributed by atoms with Crippen LogP contribution in [-0.4, -0.2) is 31.3 Å². The first-order valence-corrected chi connectivity index (χ1v) is 11.7. The van der Waals surface area contributed by atoms with Crippen LogP contribution in [0.4, 0.5) is 11.4 Å². The summed E-state index contributed by atoms with van der Waals surface area (Å²) in [4.78, 5) is 23.0. The lowest BCUT2D eigenvalue weighted by Gasteiger charge is -2.16. The second kappa shape index (κ2) is 11.0. The highest BCUT2D eigenvalue weighted by atomic mass is 32.2. The number of nitrogens with zero attached hydrogens (tertiary/aromatic N) is 4. The molecule has 1 N–H and O–H groups in total. The van der Waals surface area contributed by atoms with Crippen LogP contribution >= 0.6 is 11.8 Å². The van der Waals surface area contributed by atoms with Crippen LogP contribution in [0.5, 0.6) is 5.75 Å². The molecular weight excluding hydrogens is 442 g/mol. The van der Waals surface area contributed by atoms with Crippen LogP contribution in [0.2, 0.25) is 0 Å². The van der Waals surface area contributed by atoms with Crippen molar-refractivity contribution in [1.82, 2.24) is 14.8 Å². The lowest BCUT2D eigenvalue weighted by molar-refractivity contribution is -0.385. The zero-order chi connectivity index (χ0) is 24.0. The van der Waals surface area contributed by atoms with Crippen molar-refractivity contribution in [2.24, 2.45) is 0 Å². The summed E-state index contributed by atoms with van der Waals surface area (Å²) in [5.41, 5.74) is 2.12. The van der Waals surface area contributed by atoms with E-state index in [-0.39, 0.29) is 23.5 Å². The van der Waals surface area contributed by atoms with Crippen LogP contribution in [-0.2, 0) is 17.8 Å². The molecule has 1 aromatic heterocycles. The molecule has 0 aliphatic heterocycles. The van der Waals surface area contributed by atoms with E-state index < -0.39 is 4.92 Å². The van der Waals surface area contributed by atoms with E-state index in [0.29, 0.717) is 28.8 Å². The summed E-state index contributed by atoms with van der Waals surface area (Å²) < 4.78 is 7.95. The molecule has 0 unspecified atom stereocenters. The normalized spacial score (nSPS) is 11.8. The van der Waals surface area contributed by atoms with Gasteiger partial charge >= 0.3 is 0 Å². The monoisotopic (exact) mass is 469 g/mol. The third-order valence-corrected chi connectivity index (χ3v) is 6.06. The average Bonchev–Trinajstić information content (AvgIpc) is 3.22. The van der Waals surface area contributed by atoms with Gasteiger partial charge in [0.15, 0.2) is 17.1 Å². The molecule has 0 aliphatic carbocycles. The van der Waals surface area contributed by atoms with E-state index in [9.17, 15) is 14.9 Å². The highest BCUT2D eigenvalue weighted by molar-refractivity contribution is 7.99. The van der Waals surface area contributed by atoms with Gasteiger partial charge in [-0.3, -0.25) is 14.9 Å². The Morgan fingerprint density at radius 3 is 2.58 bits per heavy atom. The van der Waals surface area contributed by atoms with E-state index in [0.717, 1.165) is 12.2 Å². The van der Waals surface area contributed by atoms with Crippen molar-refractivity contribution in [3.05, 3.63) is 69.5 Å². The van der Waals surface area contributed by atoms with Gasteiger partial charge in [-0.2, -0.15) is 0 Å². The molecule has 174 valence electrons. The van der Waals surface area contributed by atoms with Gasteiger partial charge in [-0.05, 0) is 51.0 Å². The van der Waals surface area contributed by atoms with Gasteiger partial charge in [0.25, 0.3) is 5.69 Å². The number of rotatable bonds is 10. The molecule has 33 heavy (non-hydrogen) atoms. The summed E-state index contributed by atoms with van der Waals surface area (Å²) in [5.74, 6) is 1.24. The summed E-state index contributed by atoms with van der Waals surface area (Å²) >= 11 is 1.25. The Bertz CT molecular complexity index is 1130. The lowest BCUT2D eigenvalue weighted by Crippen LogP contribution is -2.15. The van der Waals surface area contributed by atoms with Crippen LogP contribution in [0, 0.1) is 17.0 Å². The van der Waals surface area contributed by atoms with Crippen molar-refractivity contribution in [3.63, 3.8) is 0 Å². The summed E-state index contributed by atoms with van der Waals surface area (Å²) in [6.45, 7) is 8.27. The fourth-order valence-corrected chi connectivity index (χ4v) is 4.09. The van der Waals surface area contributed by atoms with Gasteiger partial charge < -0.3 is 14.6 Å². The lowest BCUT2D eigenvalue weighted by atomic mass is 10.2. The molecule has 0 aliphatic rings. The van der Waals surface area contributed by atoms with Crippen molar-refractivity contribution >= 4 is 29.0 Å². The number of nitro benzene ring substituents is 1. The number of aromatic nitrogens is 3. The van der Waals surface area contributed by atoms with Gasteiger partial charge in [-0.15, -0.1) is 10.2 Å². The number of anilines is 1. The Labute approximate surface area is 196 Å². The van der Waals surface area contributed by atoms with Crippen LogP contribution in [0.1, 0.15) is 43.8 Å². The Kier molecular flexibility index (Phi) is 8.05. The molecule has 0 fully saturated rings. The first-order valence-electron chi connectivity index (χ1n) is 10.7. The van der Waals surface area contributed by atoms with Gasteiger partial charge in [0, 0.05) is 23.9 Å². The zero-order valence-electron chi connectivity index (χ0n) is 19.1. The molecule has 3 aromatic rings. The molecule has 0 bridgehead atoms. The Hall–Kier alpha value is -3.40. The van der Waals surface area contributed by atoms with E-state index in [1.165, 1.54) is 23.4 Å². The number of nitrogens with one attached hydrogen (secondary N) is 1. The average molecular weight is 470 g/mol. The first-order chi connectivity index (χ1) is 15.8. The predicted molar refractivity (Wildman–Crippen MR) is 128 cm³/mol. The van der Waals surface area contributed by atoms with Crippen molar-refractivity contribution < 1.29 is 14.5 Å². The van der Waals surface area contributed by atoms with Gasteiger partial charge in [0.05, 0.1) is 10.7 Å². The van der Waals surface area contributed by atoms with E-state index in [2.05, 4.69) is 22.4 Å². The van der Waals surface area contributed by atoms with Crippen molar-refractivity contribution in [2.45, 2.75) is 51.9 Å². The molecule has 1 amide bonds. The number of carbonyl (C=O) groups excluding carboxylic acids is 1. The number of ether oxygens (including phenoxy) is 1. The quantitative estimate of drug-likeness (QED) is 0.254. The van der Waals surface area contributed by atoms with Crippen LogP contribution in [0.3, 0.4) is 0 Å². The number of benzene rings is 2. The van der Waals surface area contributed by atoms with Crippen molar-refractivity contribution in [2.75, 3.05) is 11.1 Å². The van der Waals surface area contributed by atoms with E-state index in [4.69, 9.17) is 4.74 Å². The molecular formula is C23H27N5O4S. The molecule has 0 radical (unpaired) electrons. The zero-order valence-corrected chi connectivity index (χ0v) is 19.9. The number of nitro groups is 1. The Morgan fingerprint density at radius 1 is 1.21 bits per heavy atom. The fourth-order valence-electron chi connectivity index (χ4n) is 3.28. The number of thioether (sulfide) groups is 1. The van der Waals surface area contributed by atoms with Gasteiger partial charge in [0.2, 0.25) is 5.91 Å². The molecule has 0 spiro atoms. The SMILES string of the molecule is CCc1ccc(O[C@H](C)c2nnc(SCC(=O)Nc3ccc(C)c([N+](=O)[O-])c3)n2CC)cc1. The maximum absolute atomic E-state index is 12.4. The standard InChI is InChI=1S/C23H27N5O4S/c1-5-17-8-11-19(12-9-17)32-16(4)22-25-26-23(27(22)6-2)33-14-21(29)24-18-10-7-15(3)20(13-18)28(30)31/h7-13,16H,5-6,14H2,1-4H3,(H,24,29)/t16-/m1/s1. The molecule has 3 rings (SSSR count). The molecule has 9 nitrogen and oxygen atoms in total. The minimum Gasteiger partial charge on any atom is -0.483 e. The molecule has 10 heteroatoms. The minimum absolute atomic E-state index is 0.0332. The minimum atomic E-state index is -0.466. The topological polar surface area (TPSA) is 112 Å². The van der Waals surface area contributed by atoms with E-state index in [1.54, 1.807) is 19.1 Å². The molecule has 0 saturated carbocycles. The third-order valence-electron chi connectivity index (χ3n) is 5.09. The van der Waals surface area contributed by atoms with E-state index >= 15 is 0 Å². The third kappa shape index (κ3) is 6.10. The number of amides is 1.